The summed E-state index contributed by atoms with van der Waals surface area (Å²) in [6, 6.07) is 25.7. The normalized spacial score (nSPS) is 10.6. The van der Waals surface area contributed by atoms with Crippen LogP contribution in [0.25, 0.3) is 0 Å². The molecule has 0 aliphatic carbocycles. The number of benzene rings is 3. The highest BCUT2D eigenvalue weighted by Gasteiger charge is 2.16. The van der Waals surface area contributed by atoms with Gasteiger partial charge in [0.05, 0.1) is 0 Å². The Morgan fingerprint density at radius 3 is 2.33 bits per heavy atom. The predicted molar refractivity (Wildman–Crippen MR) is 148 cm³/mol. The van der Waals surface area contributed by atoms with Crippen molar-refractivity contribution in [2.75, 3.05) is 18.0 Å². The van der Waals surface area contributed by atoms with Crippen molar-refractivity contribution < 1.29 is 14.3 Å². The van der Waals surface area contributed by atoms with Crippen molar-refractivity contribution in [2.24, 2.45) is 0 Å². The molecular formula is C30H36N2O3S. The number of esters is 1. The molecule has 190 valence electrons. The molecule has 0 unspecified atom stereocenters. The van der Waals surface area contributed by atoms with E-state index in [0.29, 0.717) is 18.8 Å². The third kappa shape index (κ3) is 9.42. The summed E-state index contributed by atoms with van der Waals surface area (Å²) in [7, 11) is 0. The van der Waals surface area contributed by atoms with Crippen LogP contribution in [0.3, 0.4) is 0 Å². The molecule has 0 aliphatic heterocycles. The van der Waals surface area contributed by atoms with Crippen molar-refractivity contribution in [1.82, 2.24) is 5.32 Å². The first-order chi connectivity index (χ1) is 17.5. The van der Waals surface area contributed by atoms with Crippen LogP contribution in [0.5, 0.6) is 5.75 Å². The van der Waals surface area contributed by atoms with Gasteiger partial charge >= 0.3 is 12.0 Å². The Balaban J connectivity index is 1.69. The van der Waals surface area contributed by atoms with Crippen molar-refractivity contribution in [3.8, 4) is 5.75 Å². The van der Waals surface area contributed by atoms with Crippen LogP contribution in [0, 0.1) is 0 Å². The van der Waals surface area contributed by atoms with Crippen LogP contribution in [-0.4, -0.2) is 25.1 Å². The van der Waals surface area contributed by atoms with Gasteiger partial charge in [-0.05, 0) is 60.9 Å². The minimum Gasteiger partial charge on any atom is -0.427 e. The van der Waals surface area contributed by atoms with Crippen LogP contribution in [-0.2, 0) is 11.2 Å². The number of amides is 2. The maximum Gasteiger partial charge on any atom is 0.321 e. The SMILES string of the molecule is CCCCCCCNC(=O)N(CCc1ccccc1)c1cccc(Sc2ccc(OC(C)=O)cc2)c1. The van der Waals surface area contributed by atoms with Crippen LogP contribution in [0.1, 0.15) is 51.5 Å². The van der Waals surface area contributed by atoms with E-state index in [4.69, 9.17) is 4.74 Å². The second-order valence-electron chi connectivity index (χ2n) is 8.70. The lowest BCUT2D eigenvalue weighted by Gasteiger charge is -2.24. The maximum absolute atomic E-state index is 13.2. The van der Waals surface area contributed by atoms with Gasteiger partial charge in [0, 0.05) is 35.5 Å². The lowest BCUT2D eigenvalue weighted by atomic mass is 10.1. The smallest absolute Gasteiger partial charge is 0.321 e. The Kier molecular flexibility index (Phi) is 11.4. The third-order valence-electron chi connectivity index (χ3n) is 5.72. The molecule has 0 saturated carbocycles. The van der Waals surface area contributed by atoms with Gasteiger partial charge in [0.1, 0.15) is 5.75 Å². The quantitative estimate of drug-likeness (QED) is 0.149. The summed E-state index contributed by atoms with van der Waals surface area (Å²) < 4.78 is 5.12. The van der Waals surface area contributed by atoms with Crippen molar-refractivity contribution >= 4 is 29.4 Å². The van der Waals surface area contributed by atoms with Gasteiger partial charge in [0.25, 0.3) is 0 Å². The largest absolute Gasteiger partial charge is 0.427 e. The highest BCUT2D eigenvalue weighted by Crippen LogP contribution is 2.31. The van der Waals surface area contributed by atoms with Gasteiger partial charge in [-0.25, -0.2) is 4.79 Å². The van der Waals surface area contributed by atoms with E-state index in [-0.39, 0.29) is 12.0 Å². The zero-order valence-corrected chi connectivity index (χ0v) is 22.1. The molecule has 0 heterocycles. The summed E-state index contributed by atoms with van der Waals surface area (Å²) in [4.78, 5) is 28.3. The number of hydrogen-bond donors (Lipinski definition) is 1. The summed E-state index contributed by atoms with van der Waals surface area (Å²) in [5, 5.41) is 3.12. The Morgan fingerprint density at radius 2 is 1.61 bits per heavy atom. The topological polar surface area (TPSA) is 58.6 Å². The summed E-state index contributed by atoms with van der Waals surface area (Å²) >= 11 is 1.60. The number of nitrogens with zero attached hydrogens (tertiary/aromatic N) is 1. The molecule has 3 aromatic carbocycles. The number of ether oxygens (including phenoxy) is 1. The van der Waals surface area contributed by atoms with Gasteiger partial charge in [0.15, 0.2) is 0 Å². The fraction of sp³-hybridized carbons (Fsp3) is 0.333. The third-order valence-corrected chi connectivity index (χ3v) is 6.72. The Hall–Kier alpha value is -3.25. The molecule has 0 aromatic heterocycles. The maximum atomic E-state index is 13.2. The molecule has 0 spiro atoms. The molecule has 1 N–H and O–H groups in total. The molecule has 5 nitrogen and oxygen atoms in total. The molecule has 0 aliphatic rings. The minimum absolute atomic E-state index is 0.0608. The Labute approximate surface area is 219 Å². The van der Waals surface area contributed by atoms with Gasteiger partial charge in [-0.15, -0.1) is 0 Å². The summed E-state index contributed by atoms with van der Waals surface area (Å²) in [5.41, 5.74) is 2.07. The molecule has 0 saturated heterocycles. The average Bonchev–Trinajstić information content (AvgIpc) is 2.88. The monoisotopic (exact) mass is 504 g/mol. The van der Waals surface area contributed by atoms with Crippen molar-refractivity contribution in [3.05, 3.63) is 84.4 Å². The van der Waals surface area contributed by atoms with Crippen LogP contribution in [0.15, 0.2) is 88.7 Å². The van der Waals surface area contributed by atoms with E-state index in [0.717, 1.165) is 34.7 Å². The molecule has 0 fully saturated rings. The highest BCUT2D eigenvalue weighted by molar-refractivity contribution is 7.99. The van der Waals surface area contributed by atoms with E-state index in [9.17, 15) is 9.59 Å². The van der Waals surface area contributed by atoms with E-state index in [2.05, 4.69) is 30.4 Å². The number of anilines is 1. The molecule has 3 aromatic rings. The van der Waals surface area contributed by atoms with Crippen molar-refractivity contribution in [2.45, 2.75) is 62.2 Å². The standard InChI is InChI=1S/C30H36N2O3S/c1-3-4-5-6-10-21-31-30(34)32(22-20-25-12-8-7-9-13-25)26-14-11-15-29(23-26)36-28-18-16-27(17-19-28)35-24(2)33/h7-9,11-19,23H,3-6,10,20-22H2,1-2H3,(H,31,34). The number of carbonyl (C=O) groups excluding carboxylic acids is 2. The number of nitrogens with one attached hydrogen (secondary N) is 1. The molecule has 3 rings (SSSR count). The number of carbonyl (C=O) groups is 2. The van der Waals surface area contributed by atoms with E-state index < -0.39 is 0 Å². The van der Waals surface area contributed by atoms with Gasteiger partial charge < -0.3 is 10.1 Å². The lowest BCUT2D eigenvalue weighted by molar-refractivity contribution is -0.131. The van der Waals surface area contributed by atoms with Crippen LogP contribution in [0.2, 0.25) is 0 Å². The van der Waals surface area contributed by atoms with Gasteiger partial charge in [-0.3, -0.25) is 9.69 Å². The predicted octanol–water partition coefficient (Wildman–Crippen LogP) is 7.49. The summed E-state index contributed by atoms with van der Waals surface area (Å²) in [6.45, 7) is 4.88. The van der Waals surface area contributed by atoms with Crippen LogP contribution >= 0.6 is 11.8 Å². The average molecular weight is 505 g/mol. The van der Waals surface area contributed by atoms with E-state index >= 15 is 0 Å². The molecule has 0 atom stereocenters. The zero-order valence-electron chi connectivity index (χ0n) is 21.2. The first-order valence-electron chi connectivity index (χ1n) is 12.7. The molecule has 36 heavy (non-hydrogen) atoms. The van der Waals surface area contributed by atoms with E-state index in [1.807, 2.05) is 53.4 Å². The van der Waals surface area contributed by atoms with E-state index in [1.54, 1.807) is 23.9 Å². The second-order valence-corrected chi connectivity index (χ2v) is 9.84. The van der Waals surface area contributed by atoms with Gasteiger partial charge in [0.2, 0.25) is 0 Å². The molecule has 0 bridgehead atoms. The van der Waals surface area contributed by atoms with Crippen molar-refractivity contribution in [1.29, 1.82) is 0 Å². The molecular weight excluding hydrogens is 468 g/mol. The first-order valence-corrected chi connectivity index (χ1v) is 13.5. The number of rotatable bonds is 13. The Bertz CT molecular complexity index is 1090. The Morgan fingerprint density at radius 1 is 0.861 bits per heavy atom. The van der Waals surface area contributed by atoms with Crippen LogP contribution in [0.4, 0.5) is 10.5 Å². The van der Waals surface area contributed by atoms with Crippen LogP contribution < -0.4 is 15.0 Å². The molecule has 2 amide bonds. The molecule has 0 radical (unpaired) electrons. The fourth-order valence-corrected chi connectivity index (χ4v) is 4.72. The summed E-state index contributed by atoms with van der Waals surface area (Å²) in [6.07, 6.45) is 6.58. The number of unbranched alkanes of at least 4 members (excludes halogenated alkanes) is 4. The number of urea groups is 1. The van der Waals surface area contributed by atoms with E-state index in [1.165, 1.54) is 31.7 Å². The minimum atomic E-state index is -0.335. The lowest BCUT2D eigenvalue weighted by Crippen LogP contribution is -2.41. The highest BCUT2D eigenvalue weighted by atomic mass is 32.2. The first kappa shape index (κ1) is 27.3. The molecule has 6 heteroatoms. The van der Waals surface area contributed by atoms with Gasteiger partial charge in [-0.1, -0.05) is 80.8 Å². The van der Waals surface area contributed by atoms with Crippen molar-refractivity contribution in [3.63, 3.8) is 0 Å². The zero-order chi connectivity index (χ0) is 25.6. The fourth-order valence-electron chi connectivity index (χ4n) is 3.85. The summed E-state index contributed by atoms with van der Waals surface area (Å²) in [5.74, 6) is 0.192. The number of hydrogen-bond acceptors (Lipinski definition) is 4. The van der Waals surface area contributed by atoms with Gasteiger partial charge in [-0.2, -0.15) is 0 Å². The second kappa shape index (κ2) is 15.0.